The van der Waals surface area contributed by atoms with Crippen LogP contribution in [-0.4, -0.2) is 45.5 Å². The van der Waals surface area contributed by atoms with Crippen molar-refractivity contribution in [2.24, 2.45) is 0 Å². The molecule has 0 bridgehead atoms. The smallest absolute Gasteiger partial charge is 0.390 e. The first-order chi connectivity index (χ1) is 12.2. The topological polar surface area (TPSA) is 71.5 Å². The van der Waals surface area contributed by atoms with Crippen LogP contribution in [0, 0.1) is 0 Å². The van der Waals surface area contributed by atoms with Crippen molar-refractivity contribution in [2.75, 3.05) is 19.6 Å². The molecule has 1 aliphatic heterocycles. The molecule has 1 unspecified atom stereocenters. The van der Waals surface area contributed by atoms with E-state index in [-0.39, 0.29) is 19.0 Å². The van der Waals surface area contributed by atoms with Crippen molar-refractivity contribution in [2.45, 2.75) is 38.3 Å². The minimum absolute atomic E-state index is 0. The monoisotopic (exact) mass is 379 g/mol. The molecule has 2 aromatic rings. The first-order valence-electron chi connectivity index (χ1n) is 8.92. The number of hydrogen-bond donors (Lipinski definition) is 1. The van der Waals surface area contributed by atoms with Gasteiger partial charge < -0.3 is 10.0 Å². The van der Waals surface area contributed by atoms with E-state index in [9.17, 15) is 9.90 Å². The Morgan fingerprint density at radius 3 is 2.46 bits per heavy atom. The quantitative estimate of drug-likeness (QED) is 0.835. The maximum Gasteiger partial charge on any atom is 0.441 e. The van der Waals surface area contributed by atoms with E-state index < -0.39 is 11.9 Å². The van der Waals surface area contributed by atoms with Crippen LogP contribution in [0.5, 0.6) is 0 Å². The lowest BCUT2D eigenvalue weighted by Crippen LogP contribution is -2.37. The van der Waals surface area contributed by atoms with Gasteiger partial charge in [0.2, 0.25) is 0 Å². The molecule has 1 aliphatic rings. The van der Waals surface area contributed by atoms with Crippen LogP contribution in [0.25, 0.3) is 12.2 Å². The zero-order valence-corrected chi connectivity index (χ0v) is 15.6. The molecule has 1 saturated heterocycles. The van der Waals surface area contributed by atoms with Gasteiger partial charge in [0.15, 0.2) is 5.82 Å². The molecule has 1 fully saturated rings. The highest BCUT2D eigenvalue weighted by Gasteiger charge is 2.17. The van der Waals surface area contributed by atoms with E-state index in [2.05, 4.69) is 10.1 Å². The van der Waals surface area contributed by atoms with Crippen LogP contribution >= 0.6 is 12.4 Å². The second kappa shape index (κ2) is 10.3. The highest BCUT2D eigenvalue weighted by Crippen LogP contribution is 2.11. The Morgan fingerprint density at radius 1 is 1.08 bits per heavy atom. The molecule has 1 aromatic carbocycles. The van der Waals surface area contributed by atoms with Crippen LogP contribution in [0.4, 0.5) is 0 Å². The Kier molecular flexibility index (Phi) is 8.09. The van der Waals surface area contributed by atoms with Gasteiger partial charge in [0.25, 0.3) is 0 Å². The van der Waals surface area contributed by atoms with Crippen LogP contribution in [-0.2, 0) is 6.54 Å². The van der Waals surface area contributed by atoms with E-state index in [1.165, 1.54) is 30.3 Å². The SMILES string of the molecule is Cl.O=c1onc(/C=C/c2ccccc2)n1CC(O)CN1CCCCCC1. The Hall–Kier alpha value is -1.89. The third-order valence-electron chi connectivity index (χ3n) is 4.50. The minimum Gasteiger partial charge on any atom is -0.390 e. The number of β-amino-alcohol motifs (C(OH)–C–C–N with tert-alkyl or cyclic N) is 1. The molecule has 142 valence electrons. The van der Waals surface area contributed by atoms with Gasteiger partial charge in [-0.3, -0.25) is 9.09 Å². The van der Waals surface area contributed by atoms with Crippen LogP contribution in [0.15, 0.2) is 39.6 Å². The van der Waals surface area contributed by atoms with Crippen molar-refractivity contribution in [3.8, 4) is 0 Å². The summed E-state index contributed by atoms with van der Waals surface area (Å²) >= 11 is 0. The summed E-state index contributed by atoms with van der Waals surface area (Å²) in [4.78, 5) is 14.2. The number of aliphatic hydroxyl groups is 1. The predicted octanol–water partition coefficient (Wildman–Crippen LogP) is 2.67. The van der Waals surface area contributed by atoms with Crippen molar-refractivity contribution in [3.05, 3.63) is 52.3 Å². The summed E-state index contributed by atoms with van der Waals surface area (Å²) in [6.45, 7) is 2.78. The number of rotatable bonds is 6. The van der Waals surface area contributed by atoms with E-state index in [1.807, 2.05) is 36.4 Å². The second-order valence-corrected chi connectivity index (χ2v) is 6.53. The van der Waals surface area contributed by atoms with E-state index in [0.29, 0.717) is 12.4 Å². The number of aliphatic hydroxyl groups excluding tert-OH is 1. The largest absolute Gasteiger partial charge is 0.441 e. The Bertz CT molecular complexity index is 734. The summed E-state index contributed by atoms with van der Waals surface area (Å²) in [5, 5.41) is 14.2. The fraction of sp³-hybridized carbons (Fsp3) is 0.474. The molecule has 26 heavy (non-hydrogen) atoms. The Balaban J connectivity index is 0.00000243. The number of halogens is 1. The molecule has 1 aromatic heterocycles. The van der Waals surface area contributed by atoms with Crippen LogP contribution < -0.4 is 5.76 Å². The molecule has 6 nitrogen and oxygen atoms in total. The van der Waals surface area contributed by atoms with Crippen LogP contribution in [0.3, 0.4) is 0 Å². The van der Waals surface area contributed by atoms with Crippen molar-refractivity contribution < 1.29 is 9.63 Å². The average molecular weight is 380 g/mol. The van der Waals surface area contributed by atoms with Gasteiger partial charge in [-0.2, -0.15) is 0 Å². The van der Waals surface area contributed by atoms with E-state index in [4.69, 9.17) is 4.52 Å². The maximum absolute atomic E-state index is 11.9. The molecular formula is C19H26ClN3O3. The summed E-state index contributed by atoms with van der Waals surface area (Å²) in [6, 6.07) is 9.77. The molecule has 3 rings (SSSR count). The lowest BCUT2D eigenvalue weighted by Gasteiger charge is -2.23. The average Bonchev–Trinajstić information content (AvgIpc) is 2.81. The molecule has 0 amide bonds. The highest BCUT2D eigenvalue weighted by atomic mass is 35.5. The zero-order valence-electron chi connectivity index (χ0n) is 14.8. The van der Waals surface area contributed by atoms with Crippen LogP contribution in [0.1, 0.15) is 37.1 Å². The van der Waals surface area contributed by atoms with Crippen molar-refractivity contribution in [3.63, 3.8) is 0 Å². The van der Waals surface area contributed by atoms with Crippen molar-refractivity contribution in [1.29, 1.82) is 0 Å². The normalized spacial score (nSPS) is 17.0. The number of aromatic nitrogens is 2. The molecule has 0 spiro atoms. The predicted molar refractivity (Wildman–Crippen MR) is 104 cm³/mol. The van der Waals surface area contributed by atoms with Gasteiger partial charge in [-0.05, 0) is 37.6 Å². The second-order valence-electron chi connectivity index (χ2n) is 6.53. The molecule has 0 radical (unpaired) electrons. The van der Waals surface area contributed by atoms with E-state index in [1.54, 1.807) is 6.08 Å². The van der Waals surface area contributed by atoms with Gasteiger partial charge in [-0.15, -0.1) is 12.4 Å². The third-order valence-corrected chi connectivity index (χ3v) is 4.50. The Morgan fingerprint density at radius 2 is 1.77 bits per heavy atom. The molecule has 0 saturated carbocycles. The molecule has 1 N–H and O–H groups in total. The summed E-state index contributed by atoms with van der Waals surface area (Å²) in [5.74, 6) is -0.119. The third kappa shape index (κ3) is 5.83. The number of likely N-dealkylation sites (tertiary alicyclic amines) is 1. The summed E-state index contributed by atoms with van der Waals surface area (Å²) in [5.41, 5.74) is 1.01. The first-order valence-corrected chi connectivity index (χ1v) is 8.92. The zero-order chi connectivity index (χ0) is 17.5. The van der Waals surface area contributed by atoms with Gasteiger partial charge in [-0.1, -0.05) is 54.4 Å². The lowest BCUT2D eigenvalue weighted by molar-refractivity contribution is 0.0976. The van der Waals surface area contributed by atoms with E-state index >= 15 is 0 Å². The molecule has 0 aliphatic carbocycles. The van der Waals surface area contributed by atoms with Gasteiger partial charge in [-0.25, -0.2) is 4.79 Å². The van der Waals surface area contributed by atoms with Gasteiger partial charge in [0.1, 0.15) is 0 Å². The van der Waals surface area contributed by atoms with Gasteiger partial charge in [0, 0.05) is 6.54 Å². The fourth-order valence-corrected chi connectivity index (χ4v) is 3.19. The van der Waals surface area contributed by atoms with Crippen molar-refractivity contribution >= 4 is 24.6 Å². The number of nitrogens with zero attached hydrogens (tertiary/aromatic N) is 3. The minimum atomic E-state index is -0.626. The molecule has 7 heteroatoms. The Labute approximate surface area is 159 Å². The summed E-state index contributed by atoms with van der Waals surface area (Å²) in [6.07, 6.45) is 7.83. The molecular weight excluding hydrogens is 354 g/mol. The van der Waals surface area contributed by atoms with E-state index in [0.717, 1.165) is 18.7 Å². The summed E-state index contributed by atoms with van der Waals surface area (Å²) < 4.78 is 6.17. The van der Waals surface area contributed by atoms with Crippen molar-refractivity contribution in [1.82, 2.24) is 14.6 Å². The number of hydrogen-bond acceptors (Lipinski definition) is 5. The maximum atomic E-state index is 11.9. The number of benzene rings is 1. The van der Waals surface area contributed by atoms with Crippen LogP contribution in [0.2, 0.25) is 0 Å². The highest BCUT2D eigenvalue weighted by molar-refractivity contribution is 5.85. The lowest BCUT2D eigenvalue weighted by atomic mass is 10.2. The van der Waals surface area contributed by atoms with Gasteiger partial charge >= 0.3 is 5.76 Å². The fourth-order valence-electron chi connectivity index (χ4n) is 3.19. The van der Waals surface area contributed by atoms with Gasteiger partial charge in [0.05, 0.1) is 12.6 Å². The standard InChI is InChI=1S/C19H25N3O3.ClH/c23-17(14-21-12-6-1-2-7-13-21)15-22-18(20-25-19(22)24)11-10-16-8-4-3-5-9-16;/h3-5,8-11,17,23H,1-2,6-7,12-15H2;1H/b11-10+;. The molecule has 1 atom stereocenters. The first kappa shape index (κ1) is 20.4. The summed E-state index contributed by atoms with van der Waals surface area (Å²) in [7, 11) is 0. The molecule has 2 heterocycles.